The number of rotatable bonds is 2. The summed E-state index contributed by atoms with van der Waals surface area (Å²) in [5.41, 5.74) is 5.15. The smallest absolute Gasteiger partial charge is 0.328 e. The Kier molecular flexibility index (Phi) is 1.86. The van der Waals surface area contributed by atoms with Gasteiger partial charge in [-0.3, -0.25) is 5.10 Å². The second kappa shape index (κ2) is 2.82. The molecule has 0 bridgehead atoms. The fourth-order valence-corrected chi connectivity index (χ4v) is 0.513. The maximum absolute atomic E-state index is 10.00. The molecule has 0 saturated heterocycles. The lowest BCUT2D eigenvalue weighted by molar-refractivity contribution is -0.131. The van der Waals surface area contributed by atoms with Gasteiger partial charge in [0.25, 0.3) is 0 Å². The van der Waals surface area contributed by atoms with Gasteiger partial charge in [-0.1, -0.05) is 0 Å². The van der Waals surface area contributed by atoms with E-state index in [4.69, 9.17) is 10.8 Å². The molecule has 58 valence electrons. The van der Waals surface area contributed by atoms with Gasteiger partial charge in [0, 0.05) is 6.08 Å². The lowest BCUT2D eigenvalue weighted by Crippen LogP contribution is -1.87. The summed E-state index contributed by atoms with van der Waals surface area (Å²) >= 11 is 0. The van der Waals surface area contributed by atoms with Crippen molar-refractivity contribution in [3.8, 4) is 0 Å². The monoisotopic (exact) mass is 154 g/mol. The molecule has 0 spiro atoms. The first-order chi connectivity index (χ1) is 5.18. The van der Waals surface area contributed by atoms with Crippen LogP contribution in [0.5, 0.6) is 0 Å². The summed E-state index contributed by atoms with van der Waals surface area (Å²) in [7, 11) is 0. The quantitative estimate of drug-likeness (QED) is 0.497. The topological polar surface area (TPSA) is 105 Å². The van der Waals surface area contributed by atoms with Crippen LogP contribution in [0, 0.1) is 0 Å². The Morgan fingerprint density at radius 3 is 2.91 bits per heavy atom. The summed E-state index contributed by atoms with van der Waals surface area (Å²) < 4.78 is 0. The Morgan fingerprint density at radius 2 is 2.45 bits per heavy atom. The number of H-pyrrole nitrogens is 1. The van der Waals surface area contributed by atoms with Crippen LogP contribution in [-0.4, -0.2) is 26.3 Å². The van der Waals surface area contributed by atoms with Crippen LogP contribution in [0.4, 0.5) is 5.95 Å². The normalized spacial score (nSPS) is 10.5. The summed E-state index contributed by atoms with van der Waals surface area (Å²) in [5.74, 6) is -0.625. The van der Waals surface area contributed by atoms with Crippen LogP contribution >= 0.6 is 0 Å². The number of anilines is 1. The van der Waals surface area contributed by atoms with E-state index in [1.54, 1.807) is 0 Å². The Hall–Kier alpha value is -1.85. The van der Waals surface area contributed by atoms with Crippen LogP contribution < -0.4 is 5.73 Å². The molecule has 0 fully saturated rings. The van der Waals surface area contributed by atoms with Gasteiger partial charge in [-0.25, -0.2) is 4.79 Å². The van der Waals surface area contributed by atoms with Gasteiger partial charge >= 0.3 is 5.97 Å². The maximum atomic E-state index is 10.00. The number of hydrogen-bond donors (Lipinski definition) is 3. The first-order valence-electron chi connectivity index (χ1n) is 2.77. The van der Waals surface area contributed by atoms with E-state index in [9.17, 15) is 4.79 Å². The van der Waals surface area contributed by atoms with Crippen LogP contribution in [0.2, 0.25) is 0 Å². The van der Waals surface area contributed by atoms with E-state index < -0.39 is 5.97 Å². The number of carboxylic acids is 1. The summed E-state index contributed by atoms with van der Waals surface area (Å²) in [6.07, 6.45) is 2.21. The molecule has 0 atom stereocenters. The molecule has 1 aromatic rings. The van der Waals surface area contributed by atoms with Crippen molar-refractivity contribution in [3.63, 3.8) is 0 Å². The van der Waals surface area contributed by atoms with E-state index in [0.717, 1.165) is 6.08 Å². The number of nitrogens with zero attached hydrogens (tertiary/aromatic N) is 2. The number of carbonyl (C=O) groups is 1. The zero-order valence-corrected chi connectivity index (χ0v) is 5.48. The highest BCUT2D eigenvalue weighted by Crippen LogP contribution is 1.94. The van der Waals surface area contributed by atoms with Gasteiger partial charge in [0.05, 0.1) is 0 Å². The number of aliphatic carboxylic acids is 1. The number of nitrogens with one attached hydrogen (secondary N) is 1. The highest BCUT2D eigenvalue weighted by atomic mass is 16.4. The molecule has 0 radical (unpaired) electrons. The average molecular weight is 154 g/mol. The van der Waals surface area contributed by atoms with Gasteiger partial charge in [0.15, 0.2) is 5.82 Å². The van der Waals surface area contributed by atoms with Crippen molar-refractivity contribution in [2.24, 2.45) is 0 Å². The SMILES string of the molecule is Nc1n[nH]c(/C=C\C(=O)O)n1. The second-order valence-electron chi connectivity index (χ2n) is 1.75. The first-order valence-corrected chi connectivity index (χ1v) is 2.77. The largest absolute Gasteiger partial charge is 0.478 e. The van der Waals surface area contributed by atoms with E-state index in [1.807, 2.05) is 0 Å². The lowest BCUT2D eigenvalue weighted by Gasteiger charge is -1.78. The molecule has 0 aliphatic heterocycles. The number of hydrogen-bond acceptors (Lipinski definition) is 4. The van der Waals surface area contributed by atoms with Crippen LogP contribution in [0.3, 0.4) is 0 Å². The minimum Gasteiger partial charge on any atom is -0.478 e. The molecule has 6 nitrogen and oxygen atoms in total. The third kappa shape index (κ3) is 2.09. The van der Waals surface area contributed by atoms with Crippen molar-refractivity contribution in [2.45, 2.75) is 0 Å². The van der Waals surface area contributed by atoms with Crippen LogP contribution in [-0.2, 0) is 4.79 Å². The molecule has 1 rings (SSSR count). The zero-order valence-electron chi connectivity index (χ0n) is 5.48. The van der Waals surface area contributed by atoms with E-state index in [0.29, 0.717) is 5.82 Å². The number of nitrogens with two attached hydrogens (primary N) is 1. The van der Waals surface area contributed by atoms with Gasteiger partial charge in [-0.05, 0) is 6.08 Å². The third-order valence-corrected chi connectivity index (χ3v) is 0.904. The Morgan fingerprint density at radius 1 is 1.73 bits per heavy atom. The fraction of sp³-hybridized carbons (Fsp3) is 0. The van der Waals surface area contributed by atoms with Crippen molar-refractivity contribution < 1.29 is 9.90 Å². The first kappa shape index (κ1) is 7.26. The van der Waals surface area contributed by atoms with Gasteiger partial charge in [0.1, 0.15) is 0 Å². The fourth-order valence-electron chi connectivity index (χ4n) is 0.513. The molecule has 11 heavy (non-hydrogen) atoms. The molecule has 0 unspecified atom stereocenters. The Labute approximate surface area is 61.7 Å². The van der Waals surface area contributed by atoms with Crippen molar-refractivity contribution >= 4 is 18.0 Å². The molecule has 0 aliphatic carbocycles. The average Bonchev–Trinajstić information content (AvgIpc) is 2.31. The molecular weight excluding hydrogens is 148 g/mol. The van der Waals surface area contributed by atoms with Gasteiger partial charge in [-0.2, -0.15) is 4.98 Å². The Bertz CT molecular complexity index is 290. The molecular formula is C5H6N4O2. The molecule has 4 N–H and O–H groups in total. The van der Waals surface area contributed by atoms with E-state index in [-0.39, 0.29) is 5.95 Å². The predicted molar refractivity (Wildman–Crippen MR) is 37.5 cm³/mol. The maximum Gasteiger partial charge on any atom is 0.328 e. The molecule has 0 amide bonds. The molecule has 0 aliphatic rings. The molecule has 0 saturated carbocycles. The third-order valence-electron chi connectivity index (χ3n) is 0.904. The van der Waals surface area contributed by atoms with Crippen molar-refractivity contribution in [2.75, 3.05) is 5.73 Å². The van der Waals surface area contributed by atoms with Crippen molar-refractivity contribution in [3.05, 3.63) is 11.9 Å². The summed E-state index contributed by atoms with van der Waals surface area (Å²) in [5, 5.41) is 14.1. The summed E-state index contributed by atoms with van der Waals surface area (Å²) in [6.45, 7) is 0. The van der Waals surface area contributed by atoms with Crippen LogP contribution in [0.1, 0.15) is 5.82 Å². The van der Waals surface area contributed by atoms with Crippen LogP contribution in [0.25, 0.3) is 6.08 Å². The summed E-state index contributed by atoms with van der Waals surface area (Å²) in [6, 6.07) is 0. The highest BCUT2D eigenvalue weighted by molar-refractivity contribution is 5.84. The minimum atomic E-state index is -1.04. The number of carboxylic acid groups (broad SMARTS) is 1. The number of aromatic amines is 1. The minimum absolute atomic E-state index is 0.0926. The van der Waals surface area contributed by atoms with Gasteiger partial charge in [0.2, 0.25) is 5.95 Å². The van der Waals surface area contributed by atoms with E-state index in [1.165, 1.54) is 6.08 Å². The predicted octanol–water partition coefficient (Wildman–Crippen LogP) is -0.515. The van der Waals surface area contributed by atoms with Gasteiger partial charge in [-0.15, -0.1) is 5.10 Å². The van der Waals surface area contributed by atoms with Crippen LogP contribution in [0.15, 0.2) is 6.08 Å². The van der Waals surface area contributed by atoms with Gasteiger partial charge < -0.3 is 10.8 Å². The summed E-state index contributed by atoms with van der Waals surface area (Å²) in [4.78, 5) is 13.6. The van der Waals surface area contributed by atoms with E-state index in [2.05, 4.69) is 15.2 Å². The second-order valence-corrected chi connectivity index (χ2v) is 1.75. The zero-order chi connectivity index (χ0) is 8.27. The molecule has 0 aromatic carbocycles. The molecule has 1 aromatic heterocycles. The van der Waals surface area contributed by atoms with Crippen molar-refractivity contribution in [1.82, 2.24) is 15.2 Å². The Balaban J connectivity index is 2.71. The highest BCUT2D eigenvalue weighted by Gasteiger charge is 1.94. The lowest BCUT2D eigenvalue weighted by atomic mass is 10.5. The van der Waals surface area contributed by atoms with E-state index >= 15 is 0 Å². The molecule has 6 heteroatoms. The number of aromatic nitrogens is 3. The van der Waals surface area contributed by atoms with Crippen molar-refractivity contribution in [1.29, 1.82) is 0 Å². The molecule has 1 heterocycles. The number of nitrogen functional groups attached to an aromatic ring is 1. The standard InChI is InChI=1S/C5H6N4O2/c6-5-7-3(8-9-5)1-2-4(10)11/h1-2H,(H,10,11)(H3,6,7,8,9)/b2-1-.